The number of hydrogen-bond donors (Lipinski definition) is 1. The standard InChI is InChI=1S/C18H24N4S/c1-2-7-20-17(5-1)18-21-16(13-23-18)12-22-9-3-4-15(11-22)14-6-8-19-10-14/h1-2,5,7,13-15,19H,3-4,6,8-12H2. The van der Waals surface area contributed by atoms with Gasteiger partial charge in [0.05, 0.1) is 11.4 Å². The molecular weight excluding hydrogens is 304 g/mol. The van der Waals surface area contributed by atoms with Gasteiger partial charge in [-0.1, -0.05) is 6.07 Å². The fourth-order valence-electron chi connectivity index (χ4n) is 3.91. The Labute approximate surface area is 142 Å². The predicted octanol–water partition coefficient (Wildman–Crippen LogP) is 3.03. The number of rotatable bonds is 4. The van der Waals surface area contributed by atoms with E-state index in [1.54, 1.807) is 11.3 Å². The zero-order chi connectivity index (χ0) is 15.5. The first-order valence-electron chi connectivity index (χ1n) is 8.67. The Hall–Kier alpha value is -1.30. The van der Waals surface area contributed by atoms with Gasteiger partial charge in [-0.2, -0.15) is 0 Å². The highest BCUT2D eigenvalue weighted by atomic mass is 32.1. The van der Waals surface area contributed by atoms with E-state index >= 15 is 0 Å². The van der Waals surface area contributed by atoms with Gasteiger partial charge in [0.15, 0.2) is 0 Å². The molecule has 0 spiro atoms. The third-order valence-corrected chi connectivity index (χ3v) is 6.04. The molecule has 23 heavy (non-hydrogen) atoms. The highest BCUT2D eigenvalue weighted by Crippen LogP contribution is 2.29. The summed E-state index contributed by atoms with van der Waals surface area (Å²) in [5, 5.41) is 6.75. The summed E-state index contributed by atoms with van der Waals surface area (Å²) in [6.45, 7) is 5.87. The summed E-state index contributed by atoms with van der Waals surface area (Å²) < 4.78 is 0. The van der Waals surface area contributed by atoms with Crippen LogP contribution in [0.4, 0.5) is 0 Å². The maximum atomic E-state index is 4.80. The third-order valence-electron chi connectivity index (χ3n) is 5.13. The lowest BCUT2D eigenvalue weighted by molar-refractivity contribution is 0.133. The van der Waals surface area contributed by atoms with Crippen molar-refractivity contribution >= 4 is 11.3 Å². The summed E-state index contributed by atoms with van der Waals surface area (Å²) in [6.07, 6.45) is 5.93. The Bertz CT molecular complexity index is 621. The molecule has 4 rings (SSSR count). The van der Waals surface area contributed by atoms with E-state index in [9.17, 15) is 0 Å². The predicted molar refractivity (Wildman–Crippen MR) is 94.3 cm³/mol. The van der Waals surface area contributed by atoms with Crippen LogP contribution in [0.15, 0.2) is 29.8 Å². The summed E-state index contributed by atoms with van der Waals surface area (Å²) in [4.78, 5) is 11.8. The number of pyridine rings is 1. The lowest BCUT2D eigenvalue weighted by Gasteiger charge is -2.35. The average molecular weight is 328 g/mol. The molecule has 2 aromatic rings. The fraction of sp³-hybridized carbons (Fsp3) is 0.556. The summed E-state index contributed by atoms with van der Waals surface area (Å²) in [6, 6.07) is 6.00. The largest absolute Gasteiger partial charge is 0.316 e. The molecule has 0 bridgehead atoms. The van der Waals surface area contributed by atoms with Gasteiger partial charge in [-0.25, -0.2) is 4.98 Å². The second-order valence-corrected chi connectivity index (χ2v) is 7.61. The summed E-state index contributed by atoms with van der Waals surface area (Å²) in [7, 11) is 0. The average Bonchev–Trinajstić information content (AvgIpc) is 3.28. The molecule has 2 unspecified atom stereocenters. The summed E-state index contributed by atoms with van der Waals surface area (Å²) >= 11 is 1.71. The Morgan fingerprint density at radius 3 is 3.09 bits per heavy atom. The smallest absolute Gasteiger partial charge is 0.142 e. The van der Waals surface area contributed by atoms with Crippen LogP contribution in [0.3, 0.4) is 0 Å². The second kappa shape index (κ2) is 7.07. The Morgan fingerprint density at radius 1 is 1.26 bits per heavy atom. The van der Waals surface area contributed by atoms with Gasteiger partial charge >= 0.3 is 0 Å². The molecule has 0 amide bonds. The van der Waals surface area contributed by atoms with Crippen molar-refractivity contribution in [1.29, 1.82) is 0 Å². The Balaban J connectivity index is 1.39. The molecular formula is C18H24N4S. The molecule has 2 aromatic heterocycles. The second-order valence-electron chi connectivity index (χ2n) is 6.75. The molecule has 4 heterocycles. The zero-order valence-electron chi connectivity index (χ0n) is 13.4. The monoisotopic (exact) mass is 328 g/mol. The lowest BCUT2D eigenvalue weighted by Crippen LogP contribution is -2.38. The topological polar surface area (TPSA) is 41.1 Å². The van der Waals surface area contributed by atoms with Crippen molar-refractivity contribution in [2.45, 2.75) is 25.8 Å². The van der Waals surface area contributed by atoms with E-state index in [1.165, 1.54) is 51.1 Å². The van der Waals surface area contributed by atoms with E-state index in [1.807, 2.05) is 24.4 Å². The van der Waals surface area contributed by atoms with E-state index in [0.29, 0.717) is 0 Å². The van der Waals surface area contributed by atoms with Crippen molar-refractivity contribution < 1.29 is 0 Å². The van der Waals surface area contributed by atoms with Crippen LogP contribution in [0.25, 0.3) is 10.7 Å². The molecule has 5 heteroatoms. The van der Waals surface area contributed by atoms with E-state index in [4.69, 9.17) is 4.98 Å². The summed E-state index contributed by atoms with van der Waals surface area (Å²) in [5.74, 6) is 1.75. The molecule has 0 saturated carbocycles. The van der Waals surface area contributed by atoms with Gasteiger partial charge < -0.3 is 5.32 Å². The van der Waals surface area contributed by atoms with E-state index in [-0.39, 0.29) is 0 Å². The lowest BCUT2D eigenvalue weighted by atomic mass is 9.85. The normalized spacial score (nSPS) is 25.7. The molecule has 1 N–H and O–H groups in total. The van der Waals surface area contributed by atoms with E-state index in [0.717, 1.165) is 29.1 Å². The number of piperidine rings is 1. The van der Waals surface area contributed by atoms with Crippen LogP contribution in [0, 0.1) is 11.8 Å². The first-order chi connectivity index (χ1) is 11.4. The fourth-order valence-corrected chi connectivity index (χ4v) is 4.70. The van der Waals surface area contributed by atoms with Crippen molar-refractivity contribution in [2.24, 2.45) is 11.8 Å². The minimum atomic E-state index is 0.868. The van der Waals surface area contributed by atoms with E-state index < -0.39 is 0 Å². The van der Waals surface area contributed by atoms with Gasteiger partial charge in [-0.15, -0.1) is 11.3 Å². The number of aromatic nitrogens is 2. The minimum absolute atomic E-state index is 0.868. The number of nitrogens with zero attached hydrogens (tertiary/aromatic N) is 3. The molecule has 2 aliphatic heterocycles. The molecule has 4 nitrogen and oxygen atoms in total. The number of likely N-dealkylation sites (tertiary alicyclic amines) is 1. The van der Waals surface area contributed by atoms with Gasteiger partial charge in [0, 0.05) is 24.7 Å². The van der Waals surface area contributed by atoms with Gasteiger partial charge in [-0.05, 0) is 62.9 Å². The van der Waals surface area contributed by atoms with Crippen molar-refractivity contribution in [1.82, 2.24) is 20.2 Å². The van der Waals surface area contributed by atoms with E-state index in [2.05, 4.69) is 20.6 Å². The number of hydrogen-bond acceptors (Lipinski definition) is 5. The Morgan fingerprint density at radius 2 is 2.26 bits per heavy atom. The van der Waals surface area contributed by atoms with Crippen LogP contribution in [-0.2, 0) is 6.54 Å². The molecule has 0 aromatic carbocycles. The van der Waals surface area contributed by atoms with Crippen LogP contribution in [0.5, 0.6) is 0 Å². The quantitative estimate of drug-likeness (QED) is 0.937. The van der Waals surface area contributed by atoms with Crippen LogP contribution < -0.4 is 5.32 Å². The highest BCUT2D eigenvalue weighted by molar-refractivity contribution is 7.13. The molecule has 2 saturated heterocycles. The number of nitrogens with one attached hydrogen (secondary N) is 1. The molecule has 122 valence electrons. The van der Waals surface area contributed by atoms with Crippen molar-refractivity contribution in [3.05, 3.63) is 35.5 Å². The number of thiazole rings is 1. The van der Waals surface area contributed by atoms with Gasteiger partial charge in [0.25, 0.3) is 0 Å². The Kier molecular flexibility index (Phi) is 4.69. The first kappa shape index (κ1) is 15.2. The van der Waals surface area contributed by atoms with Crippen LogP contribution in [0.1, 0.15) is 25.0 Å². The first-order valence-corrected chi connectivity index (χ1v) is 9.55. The van der Waals surface area contributed by atoms with Gasteiger partial charge in [0.1, 0.15) is 5.01 Å². The van der Waals surface area contributed by atoms with Gasteiger partial charge in [-0.3, -0.25) is 9.88 Å². The molecule has 2 atom stereocenters. The van der Waals surface area contributed by atoms with Crippen molar-refractivity contribution in [3.8, 4) is 10.7 Å². The molecule has 0 aliphatic carbocycles. The van der Waals surface area contributed by atoms with Gasteiger partial charge in [0.2, 0.25) is 0 Å². The minimum Gasteiger partial charge on any atom is -0.316 e. The maximum absolute atomic E-state index is 4.80. The summed E-state index contributed by atoms with van der Waals surface area (Å²) in [5.41, 5.74) is 2.18. The molecule has 0 radical (unpaired) electrons. The third kappa shape index (κ3) is 3.62. The molecule has 2 aliphatic rings. The SMILES string of the molecule is c1ccc(-c2nc(CN3CCCC(C4CCNC4)C3)cs2)nc1. The maximum Gasteiger partial charge on any atom is 0.142 e. The molecule has 2 fully saturated rings. The van der Waals surface area contributed by atoms with Crippen LogP contribution in [0.2, 0.25) is 0 Å². The van der Waals surface area contributed by atoms with Crippen molar-refractivity contribution in [2.75, 3.05) is 26.2 Å². The van der Waals surface area contributed by atoms with Crippen molar-refractivity contribution in [3.63, 3.8) is 0 Å². The van der Waals surface area contributed by atoms with Crippen LogP contribution in [-0.4, -0.2) is 41.0 Å². The van der Waals surface area contributed by atoms with Crippen LogP contribution >= 0.6 is 11.3 Å². The zero-order valence-corrected chi connectivity index (χ0v) is 14.3. The highest BCUT2D eigenvalue weighted by Gasteiger charge is 2.29.